The molecule has 1 atom stereocenters. The maximum absolute atomic E-state index is 8.94. The minimum absolute atomic E-state index is 0.0939. The van der Waals surface area contributed by atoms with Gasteiger partial charge in [0.05, 0.1) is 0 Å². The molecule has 56 valence electrons. The molecule has 1 unspecified atom stereocenters. The van der Waals surface area contributed by atoms with Crippen LogP contribution >= 0.6 is 4.90 Å². The molecule has 0 aromatic heterocycles. The Bertz CT molecular complexity index is 116. The zero-order chi connectivity index (χ0) is 7.49. The number of hydrogen-bond acceptors (Lipinski definition) is 1. The van der Waals surface area contributed by atoms with Gasteiger partial charge in [0.2, 0.25) is 0 Å². The van der Waals surface area contributed by atoms with E-state index < -0.39 is 4.90 Å². The van der Waals surface area contributed by atoms with Gasteiger partial charge in [0.15, 0.2) is 0 Å². The molecule has 0 rings (SSSR count). The van der Waals surface area contributed by atoms with E-state index in [2.05, 4.69) is 13.3 Å². The van der Waals surface area contributed by atoms with Crippen molar-refractivity contribution >= 4 is 4.90 Å². The fraction of sp³-hybridized carbons (Fsp3) is 1.00. The number of hydrogen-bond donors (Lipinski definition) is 1. The van der Waals surface area contributed by atoms with Crippen LogP contribution in [0.15, 0.2) is 0 Å². The Balaban J connectivity index is 3.40. The first kappa shape index (κ1) is 10.1. The Hall–Kier alpha value is 1.08. The molecule has 0 aromatic rings. The summed E-state index contributed by atoms with van der Waals surface area (Å²) >= 11 is 1.72. The van der Waals surface area contributed by atoms with E-state index >= 15 is 0 Å². The summed E-state index contributed by atoms with van der Waals surface area (Å²) in [5.74, 6) is 0. The Labute approximate surface area is 68.0 Å². The molecule has 0 aliphatic rings. The summed E-state index contributed by atoms with van der Waals surface area (Å²) in [6.45, 7) is 6.54. The van der Waals surface area contributed by atoms with E-state index in [4.69, 9.17) is 5.11 Å². The van der Waals surface area contributed by atoms with Crippen LogP contribution < -0.4 is 0 Å². The van der Waals surface area contributed by atoms with Gasteiger partial charge in [0.25, 0.3) is 0 Å². The normalized spacial score (nSPS) is 15.6. The Morgan fingerprint density at radius 1 is 1.56 bits per heavy atom. The van der Waals surface area contributed by atoms with Gasteiger partial charge in [-0.15, -0.1) is 0 Å². The summed E-state index contributed by atoms with van der Waals surface area (Å²) in [6.07, 6.45) is 2.15. The van der Waals surface area contributed by atoms with Crippen molar-refractivity contribution in [3.05, 3.63) is 0 Å². The molecule has 0 bridgehead atoms. The molecule has 0 saturated heterocycles. The van der Waals surface area contributed by atoms with E-state index in [1.54, 1.807) is 18.8 Å². The van der Waals surface area contributed by atoms with Crippen LogP contribution in [-0.2, 0) is 18.8 Å². The maximum atomic E-state index is 8.94. The molecule has 3 heteroatoms. The minimum atomic E-state index is -0.546. The first-order chi connectivity index (χ1) is 3.92. The summed E-state index contributed by atoms with van der Waals surface area (Å²) in [5.41, 5.74) is 0. The van der Waals surface area contributed by atoms with Crippen LogP contribution in [-0.4, -0.2) is 30.7 Å². The molecule has 1 N–H and O–H groups in total. The second-order valence-electron chi connectivity index (χ2n) is 2.94. The SMILES string of the molecule is CC(O)CC[P](C)(C)=[W]. The number of rotatable bonds is 3. The monoisotopic (exact) mass is 318 g/mol. The summed E-state index contributed by atoms with van der Waals surface area (Å²) in [7, 11) is 0. The summed E-state index contributed by atoms with van der Waals surface area (Å²) in [4.78, 5) is -0.546. The molecule has 0 saturated carbocycles. The molecule has 0 radical (unpaired) electrons. The molecule has 0 amide bonds. The quantitative estimate of drug-likeness (QED) is 0.782. The van der Waals surface area contributed by atoms with Crippen molar-refractivity contribution in [1.29, 1.82) is 0 Å². The molecule has 0 aromatic carbocycles. The van der Waals surface area contributed by atoms with E-state index in [0.29, 0.717) is 0 Å². The zero-order valence-corrected chi connectivity index (χ0v) is 10.1. The fourth-order valence-electron chi connectivity index (χ4n) is 0.498. The van der Waals surface area contributed by atoms with Crippen molar-refractivity contribution in [3.63, 3.8) is 0 Å². The van der Waals surface area contributed by atoms with Gasteiger partial charge in [0, 0.05) is 0 Å². The molecule has 0 aliphatic carbocycles. The first-order valence-electron chi connectivity index (χ1n) is 3.14. The third kappa shape index (κ3) is 9.08. The van der Waals surface area contributed by atoms with Crippen LogP contribution in [0.1, 0.15) is 13.3 Å². The van der Waals surface area contributed by atoms with E-state index in [1.807, 2.05) is 6.92 Å². The number of aliphatic hydroxyl groups excluding tert-OH is 1. The average Bonchev–Trinajstić information content (AvgIpc) is 1.59. The van der Waals surface area contributed by atoms with Crippen molar-refractivity contribution in [2.24, 2.45) is 0 Å². The number of aliphatic hydroxyl groups is 1. The molecule has 0 aliphatic heterocycles. The van der Waals surface area contributed by atoms with Gasteiger partial charge in [-0.3, -0.25) is 0 Å². The van der Waals surface area contributed by atoms with Gasteiger partial charge < -0.3 is 0 Å². The predicted molar refractivity (Wildman–Crippen MR) is 39.9 cm³/mol. The van der Waals surface area contributed by atoms with Gasteiger partial charge >= 0.3 is 67.8 Å². The third-order valence-corrected chi connectivity index (χ3v) is 4.39. The molecule has 9 heavy (non-hydrogen) atoms. The predicted octanol–water partition coefficient (Wildman–Crippen LogP) is 1.50. The van der Waals surface area contributed by atoms with Gasteiger partial charge in [-0.05, 0) is 0 Å². The Kier molecular flexibility index (Phi) is 4.55. The van der Waals surface area contributed by atoms with Gasteiger partial charge in [-0.2, -0.15) is 0 Å². The molecule has 0 heterocycles. The topological polar surface area (TPSA) is 20.2 Å². The van der Waals surface area contributed by atoms with E-state index in [-0.39, 0.29) is 6.10 Å². The molecular formula is C6H15OPW. The van der Waals surface area contributed by atoms with Crippen molar-refractivity contribution in [1.82, 2.24) is 0 Å². The van der Waals surface area contributed by atoms with Crippen LogP contribution in [0.25, 0.3) is 0 Å². The standard InChI is InChI=1S/C6H15OP.W/c1-6(7)4-5-8(2)3;/h6-7H,4-5H2,1-3H3;. The van der Waals surface area contributed by atoms with E-state index in [0.717, 1.165) is 6.42 Å². The molecule has 0 spiro atoms. The fourth-order valence-corrected chi connectivity index (χ4v) is 2.63. The Morgan fingerprint density at radius 3 is 2.11 bits per heavy atom. The van der Waals surface area contributed by atoms with Crippen molar-refractivity contribution in [3.8, 4) is 0 Å². The first-order valence-corrected chi connectivity index (χ1v) is 9.86. The van der Waals surface area contributed by atoms with Crippen molar-refractivity contribution in [2.75, 3.05) is 19.5 Å². The Morgan fingerprint density at radius 2 is 2.00 bits per heavy atom. The summed E-state index contributed by atoms with van der Waals surface area (Å²) in [6, 6.07) is 0. The summed E-state index contributed by atoms with van der Waals surface area (Å²) in [5, 5.41) is 8.94. The van der Waals surface area contributed by atoms with Gasteiger partial charge in [-0.1, -0.05) is 0 Å². The van der Waals surface area contributed by atoms with Crippen LogP contribution in [0, 0.1) is 0 Å². The summed E-state index contributed by atoms with van der Waals surface area (Å²) < 4.78 is 0. The van der Waals surface area contributed by atoms with Crippen LogP contribution in [0.5, 0.6) is 0 Å². The zero-order valence-electron chi connectivity index (χ0n) is 6.29. The van der Waals surface area contributed by atoms with Gasteiger partial charge in [-0.25, -0.2) is 0 Å². The molecule has 0 fully saturated rings. The van der Waals surface area contributed by atoms with E-state index in [9.17, 15) is 0 Å². The van der Waals surface area contributed by atoms with Crippen LogP contribution in [0.3, 0.4) is 0 Å². The van der Waals surface area contributed by atoms with E-state index in [1.165, 1.54) is 6.16 Å². The van der Waals surface area contributed by atoms with Crippen LogP contribution in [0.4, 0.5) is 0 Å². The van der Waals surface area contributed by atoms with Crippen molar-refractivity contribution < 1.29 is 23.9 Å². The molecular weight excluding hydrogens is 303 g/mol. The molecule has 1 nitrogen and oxygen atoms in total. The average molecular weight is 318 g/mol. The van der Waals surface area contributed by atoms with Crippen LogP contribution in [0.2, 0.25) is 0 Å². The second kappa shape index (κ2) is 4.06. The second-order valence-corrected chi connectivity index (χ2v) is 17.2. The van der Waals surface area contributed by atoms with Gasteiger partial charge in [0.1, 0.15) is 0 Å². The third-order valence-electron chi connectivity index (χ3n) is 1.09. The van der Waals surface area contributed by atoms with Crippen molar-refractivity contribution in [2.45, 2.75) is 19.4 Å².